The van der Waals surface area contributed by atoms with Crippen molar-refractivity contribution < 1.29 is 14.9 Å². The average Bonchev–Trinajstić information content (AvgIpc) is 2.39. The summed E-state index contributed by atoms with van der Waals surface area (Å²) in [6.45, 7) is 7.37. The molecule has 1 heterocycles. The van der Waals surface area contributed by atoms with Crippen molar-refractivity contribution >= 4 is 0 Å². The lowest BCUT2D eigenvalue weighted by molar-refractivity contribution is -0.0876. The topological polar surface area (TPSA) is 52.9 Å². The lowest BCUT2D eigenvalue weighted by Crippen LogP contribution is -2.54. The Kier molecular flexibility index (Phi) is 7.31. The first-order valence-corrected chi connectivity index (χ1v) is 6.96. The Morgan fingerprint density at radius 3 is 2.84 bits per heavy atom. The van der Waals surface area contributed by atoms with E-state index in [2.05, 4.69) is 18.4 Å². The maximum atomic E-state index is 9.97. The molecule has 0 spiro atoms. The summed E-state index contributed by atoms with van der Waals surface area (Å²) < 4.78 is 5.25. The Balaban J connectivity index is 2.43. The van der Waals surface area contributed by atoms with E-state index in [0.717, 1.165) is 19.4 Å². The fraction of sp³-hybridized carbons (Fsp3) is 0.733. The number of hydrogen-bond donors (Lipinski definition) is 2. The standard InChI is InChI=1S/C15H27NO3/c1-4-6-12(2)7-5-8-16-10-14(18)15(19-3)9-13(16)11-17/h4,6,13-15,17-18H,1,5,7-11H2,2-3H3/b12-6+/t13-,14+,15+/m1/s1. The van der Waals surface area contributed by atoms with E-state index >= 15 is 0 Å². The third-order valence-corrected chi connectivity index (χ3v) is 3.80. The molecule has 2 N–H and O–H groups in total. The molecule has 4 nitrogen and oxygen atoms in total. The Morgan fingerprint density at radius 1 is 1.53 bits per heavy atom. The third kappa shape index (κ3) is 5.07. The molecule has 0 aromatic rings. The van der Waals surface area contributed by atoms with Crippen LogP contribution in [0.4, 0.5) is 0 Å². The van der Waals surface area contributed by atoms with Crippen LogP contribution in [0.25, 0.3) is 0 Å². The monoisotopic (exact) mass is 269 g/mol. The number of methoxy groups -OCH3 is 1. The smallest absolute Gasteiger partial charge is 0.0928 e. The van der Waals surface area contributed by atoms with Gasteiger partial charge in [-0.3, -0.25) is 4.90 Å². The zero-order valence-electron chi connectivity index (χ0n) is 12.1. The van der Waals surface area contributed by atoms with E-state index in [1.54, 1.807) is 13.2 Å². The van der Waals surface area contributed by atoms with Gasteiger partial charge in [0.25, 0.3) is 0 Å². The summed E-state index contributed by atoms with van der Waals surface area (Å²) in [5, 5.41) is 19.4. The van der Waals surface area contributed by atoms with Crippen LogP contribution in [0.1, 0.15) is 26.2 Å². The van der Waals surface area contributed by atoms with E-state index in [0.29, 0.717) is 13.0 Å². The van der Waals surface area contributed by atoms with Gasteiger partial charge in [-0.2, -0.15) is 0 Å². The second-order valence-electron chi connectivity index (χ2n) is 5.26. The number of rotatable bonds is 7. The summed E-state index contributed by atoms with van der Waals surface area (Å²) in [6.07, 6.45) is 5.94. The van der Waals surface area contributed by atoms with Crippen LogP contribution >= 0.6 is 0 Å². The molecule has 0 aliphatic carbocycles. The van der Waals surface area contributed by atoms with Crippen molar-refractivity contribution in [3.63, 3.8) is 0 Å². The molecule has 110 valence electrons. The maximum Gasteiger partial charge on any atom is 0.0928 e. The molecule has 19 heavy (non-hydrogen) atoms. The summed E-state index contributed by atoms with van der Waals surface area (Å²) in [4.78, 5) is 2.17. The van der Waals surface area contributed by atoms with Crippen LogP contribution in [0.5, 0.6) is 0 Å². The highest BCUT2D eigenvalue weighted by Crippen LogP contribution is 2.21. The molecule has 3 atom stereocenters. The summed E-state index contributed by atoms with van der Waals surface area (Å²) in [6, 6.07) is 0.0945. The number of piperidine rings is 1. The normalized spacial score (nSPS) is 29.5. The summed E-state index contributed by atoms with van der Waals surface area (Å²) >= 11 is 0. The van der Waals surface area contributed by atoms with Gasteiger partial charge in [-0.25, -0.2) is 0 Å². The van der Waals surface area contributed by atoms with Crippen molar-refractivity contribution in [2.75, 3.05) is 26.8 Å². The molecule has 0 aromatic heterocycles. The second kappa shape index (κ2) is 8.48. The van der Waals surface area contributed by atoms with Gasteiger partial charge in [0.15, 0.2) is 0 Å². The molecule has 1 saturated heterocycles. The number of allylic oxidation sites excluding steroid dienone is 3. The van der Waals surface area contributed by atoms with Crippen molar-refractivity contribution in [3.05, 3.63) is 24.3 Å². The summed E-state index contributed by atoms with van der Waals surface area (Å²) in [5.41, 5.74) is 1.31. The maximum absolute atomic E-state index is 9.97. The van der Waals surface area contributed by atoms with Gasteiger partial charge < -0.3 is 14.9 Å². The van der Waals surface area contributed by atoms with Crippen LogP contribution in [0.3, 0.4) is 0 Å². The van der Waals surface area contributed by atoms with Gasteiger partial charge in [-0.05, 0) is 32.7 Å². The zero-order valence-corrected chi connectivity index (χ0v) is 12.1. The zero-order chi connectivity index (χ0) is 14.3. The molecule has 1 aliphatic heterocycles. The van der Waals surface area contributed by atoms with Crippen molar-refractivity contribution in [2.45, 2.75) is 44.4 Å². The van der Waals surface area contributed by atoms with Crippen LogP contribution in [0.15, 0.2) is 24.3 Å². The van der Waals surface area contributed by atoms with E-state index in [1.165, 1.54) is 5.57 Å². The fourth-order valence-electron chi connectivity index (χ4n) is 2.64. The van der Waals surface area contributed by atoms with Crippen LogP contribution in [-0.2, 0) is 4.74 Å². The molecule has 4 heteroatoms. The molecule has 0 radical (unpaired) electrons. The Hall–Kier alpha value is -0.680. The fourth-order valence-corrected chi connectivity index (χ4v) is 2.64. The van der Waals surface area contributed by atoms with E-state index in [4.69, 9.17) is 4.74 Å². The predicted molar refractivity (Wildman–Crippen MR) is 77.1 cm³/mol. The van der Waals surface area contributed by atoms with Gasteiger partial charge in [0.1, 0.15) is 0 Å². The number of likely N-dealkylation sites (tertiary alicyclic amines) is 1. The van der Waals surface area contributed by atoms with Gasteiger partial charge in [0.2, 0.25) is 0 Å². The van der Waals surface area contributed by atoms with E-state index in [9.17, 15) is 10.2 Å². The number of aliphatic hydroxyl groups is 2. The van der Waals surface area contributed by atoms with Gasteiger partial charge in [0, 0.05) is 19.7 Å². The van der Waals surface area contributed by atoms with Crippen molar-refractivity contribution in [1.29, 1.82) is 0 Å². The van der Waals surface area contributed by atoms with Crippen LogP contribution in [-0.4, -0.2) is 60.2 Å². The first kappa shape index (κ1) is 16.4. The highest BCUT2D eigenvalue weighted by Gasteiger charge is 2.33. The molecule has 0 bridgehead atoms. The van der Waals surface area contributed by atoms with Crippen LogP contribution < -0.4 is 0 Å². The Morgan fingerprint density at radius 2 is 2.26 bits per heavy atom. The van der Waals surface area contributed by atoms with Gasteiger partial charge >= 0.3 is 0 Å². The molecule has 0 unspecified atom stereocenters. The summed E-state index contributed by atoms with van der Waals surface area (Å²) in [7, 11) is 1.61. The minimum atomic E-state index is -0.461. The number of nitrogens with zero attached hydrogens (tertiary/aromatic N) is 1. The number of β-amino-alcohol motifs (C(OH)–C–C–N with tert-alkyl or cyclic N) is 1. The molecule has 1 rings (SSSR count). The Labute approximate surface area is 116 Å². The van der Waals surface area contributed by atoms with Gasteiger partial charge in [-0.15, -0.1) is 0 Å². The van der Waals surface area contributed by atoms with Crippen molar-refractivity contribution in [2.24, 2.45) is 0 Å². The number of aliphatic hydroxyl groups excluding tert-OH is 2. The SMILES string of the molecule is C=C/C=C(\C)CCCN1C[C@H](O)[C@@H](OC)C[C@@H]1CO. The van der Waals surface area contributed by atoms with Crippen molar-refractivity contribution in [3.8, 4) is 0 Å². The lowest BCUT2D eigenvalue weighted by atomic mass is 9.97. The first-order chi connectivity index (χ1) is 9.12. The summed E-state index contributed by atoms with van der Waals surface area (Å²) in [5.74, 6) is 0. The van der Waals surface area contributed by atoms with E-state index in [1.807, 2.05) is 6.08 Å². The molecule has 1 fully saturated rings. The third-order valence-electron chi connectivity index (χ3n) is 3.80. The average molecular weight is 269 g/mol. The lowest BCUT2D eigenvalue weighted by Gasteiger charge is -2.41. The van der Waals surface area contributed by atoms with Crippen molar-refractivity contribution in [1.82, 2.24) is 4.90 Å². The minimum Gasteiger partial charge on any atom is -0.395 e. The molecule has 1 aliphatic rings. The largest absolute Gasteiger partial charge is 0.395 e. The first-order valence-electron chi connectivity index (χ1n) is 6.96. The quantitative estimate of drug-likeness (QED) is 0.685. The number of ether oxygens (including phenoxy) is 1. The van der Waals surface area contributed by atoms with E-state index < -0.39 is 6.10 Å². The van der Waals surface area contributed by atoms with Crippen LogP contribution in [0, 0.1) is 0 Å². The molecular weight excluding hydrogens is 242 g/mol. The van der Waals surface area contributed by atoms with E-state index in [-0.39, 0.29) is 18.8 Å². The minimum absolute atomic E-state index is 0.0945. The van der Waals surface area contributed by atoms with Gasteiger partial charge in [-0.1, -0.05) is 24.3 Å². The highest BCUT2D eigenvalue weighted by atomic mass is 16.5. The molecule has 0 aromatic carbocycles. The Bertz CT molecular complexity index is 304. The molecular formula is C15H27NO3. The molecule has 0 saturated carbocycles. The highest BCUT2D eigenvalue weighted by molar-refractivity contribution is 5.07. The van der Waals surface area contributed by atoms with Gasteiger partial charge in [0.05, 0.1) is 18.8 Å². The molecule has 0 amide bonds. The second-order valence-corrected chi connectivity index (χ2v) is 5.26. The predicted octanol–water partition coefficient (Wildman–Crippen LogP) is 1.34. The van der Waals surface area contributed by atoms with Crippen LogP contribution in [0.2, 0.25) is 0 Å². The number of hydrogen-bond acceptors (Lipinski definition) is 4.